The first-order chi connectivity index (χ1) is 18.3. The molecular weight excluding hydrogens is 555 g/mol. The molecule has 1 heterocycles. The van der Waals surface area contributed by atoms with Gasteiger partial charge in [-0.2, -0.15) is 18.2 Å². The molecule has 1 unspecified atom stereocenters. The molecule has 39 heavy (non-hydrogen) atoms. The van der Waals surface area contributed by atoms with E-state index in [9.17, 15) is 36.3 Å². The van der Waals surface area contributed by atoms with E-state index in [0.717, 1.165) is 29.0 Å². The molecule has 0 saturated heterocycles. The molecular formula is C26H22F3N3O5S2. The number of sulfonamides is 1. The van der Waals surface area contributed by atoms with Gasteiger partial charge in [-0.1, -0.05) is 36.0 Å². The molecule has 0 bridgehead atoms. The Balaban J connectivity index is 1.76. The number of carbonyl (C=O) groups excluding carboxylic acids is 1. The first-order valence-electron chi connectivity index (χ1n) is 11.5. The number of alkyl halides is 3. The summed E-state index contributed by atoms with van der Waals surface area (Å²) in [6.07, 6.45) is -4.42. The molecule has 0 saturated carbocycles. The van der Waals surface area contributed by atoms with Crippen molar-refractivity contribution >= 4 is 49.1 Å². The molecule has 2 N–H and O–H groups in total. The second-order valence-electron chi connectivity index (χ2n) is 8.61. The Morgan fingerprint density at radius 3 is 2.26 bits per heavy atom. The highest BCUT2D eigenvalue weighted by Crippen LogP contribution is 2.31. The normalized spacial score (nSPS) is 13.4. The summed E-state index contributed by atoms with van der Waals surface area (Å²) in [4.78, 5) is 28.8. The maximum atomic E-state index is 12.8. The lowest BCUT2D eigenvalue weighted by atomic mass is 10.1. The summed E-state index contributed by atoms with van der Waals surface area (Å²) in [5.41, 5.74) is 0.800. The van der Waals surface area contributed by atoms with Crippen molar-refractivity contribution in [3.63, 3.8) is 0 Å². The molecule has 204 valence electrons. The van der Waals surface area contributed by atoms with E-state index in [0.29, 0.717) is 27.9 Å². The molecule has 4 rings (SSSR count). The lowest BCUT2D eigenvalue weighted by Crippen LogP contribution is -2.27. The Bertz CT molecular complexity index is 1720. The average molecular weight is 578 g/mol. The SMILES string of the molecule is CCC(C(=O)O)n1c(=NC(=O)c2ccc(C)cc2)sc2cc(NS(=O)(=O)c3ccc(C(F)(F)F)cc3)ccc21. The highest BCUT2D eigenvalue weighted by Gasteiger charge is 2.30. The van der Waals surface area contributed by atoms with E-state index in [1.54, 1.807) is 31.2 Å². The molecule has 8 nitrogen and oxygen atoms in total. The van der Waals surface area contributed by atoms with Crippen LogP contribution in [0.4, 0.5) is 18.9 Å². The van der Waals surface area contributed by atoms with E-state index in [2.05, 4.69) is 9.71 Å². The van der Waals surface area contributed by atoms with E-state index in [-0.39, 0.29) is 21.8 Å². The first kappa shape index (κ1) is 28.0. The highest BCUT2D eigenvalue weighted by atomic mass is 32.2. The van der Waals surface area contributed by atoms with Crippen LogP contribution in [0.1, 0.15) is 40.9 Å². The summed E-state index contributed by atoms with van der Waals surface area (Å²) in [6, 6.07) is 13.1. The molecule has 1 aromatic heterocycles. The molecule has 0 aliphatic rings. The van der Waals surface area contributed by atoms with Crippen molar-refractivity contribution in [2.24, 2.45) is 4.99 Å². The van der Waals surface area contributed by atoms with Crippen LogP contribution in [0, 0.1) is 6.92 Å². The Morgan fingerprint density at radius 1 is 1.05 bits per heavy atom. The maximum absolute atomic E-state index is 12.8. The summed E-state index contributed by atoms with van der Waals surface area (Å²) in [6.45, 7) is 3.54. The lowest BCUT2D eigenvalue weighted by Gasteiger charge is -2.14. The van der Waals surface area contributed by atoms with Gasteiger partial charge in [-0.15, -0.1) is 0 Å². The van der Waals surface area contributed by atoms with Crippen LogP contribution in [-0.2, 0) is 21.0 Å². The summed E-state index contributed by atoms with van der Waals surface area (Å²) in [7, 11) is -4.23. The van der Waals surface area contributed by atoms with Gasteiger partial charge in [-0.05, 0) is 67.9 Å². The van der Waals surface area contributed by atoms with Gasteiger partial charge in [0.1, 0.15) is 6.04 Å². The summed E-state index contributed by atoms with van der Waals surface area (Å²) in [5.74, 6) is -1.70. The highest BCUT2D eigenvalue weighted by molar-refractivity contribution is 7.92. The third-order valence-corrected chi connectivity index (χ3v) is 8.26. The van der Waals surface area contributed by atoms with Gasteiger partial charge in [0.25, 0.3) is 15.9 Å². The maximum Gasteiger partial charge on any atom is 0.416 e. The minimum Gasteiger partial charge on any atom is -0.480 e. The fraction of sp³-hybridized carbons (Fsp3) is 0.192. The Kier molecular flexibility index (Phi) is 7.66. The number of hydrogen-bond donors (Lipinski definition) is 2. The van der Waals surface area contributed by atoms with Gasteiger partial charge in [-0.25, -0.2) is 13.2 Å². The molecule has 1 atom stereocenters. The van der Waals surface area contributed by atoms with Crippen LogP contribution >= 0.6 is 11.3 Å². The van der Waals surface area contributed by atoms with Gasteiger partial charge in [-0.3, -0.25) is 9.52 Å². The predicted molar refractivity (Wildman–Crippen MR) is 140 cm³/mol. The van der Waals surface area contributed by atoms with Crippen molar-refractivity contribution in [3.05, 3.63) is 88.2 Å². The molecule has 0 spiro atoms. The fourth-order valence-corrected chi connectivity index (χ4v) is 5.99. The largest absolute Gasteiger partial charge is 0.480 e. The Morgan fingerprint density at radius 2 is 1.69 bits per heavy atom. The third-order valence-electron chi connectivity index (χ3n) is 5.85. The van der Waals surface area contributed by atoms with E-state index in [4.69, 9.17) is 0 Å². The van der Waals surface area contributed by atoms with Crippen LogP contribution in [-0.4, -0.2) is 30.0 Å². The van der Waals surface area contributed by atoms with Crippen molar-refractivity contribution in [1.82, 2.24) is 4.57 Å². The van der Waals surface area contributed by atoms with E-state index < -0.39 is 39.7 Å². The number of nitrogens with one attached hydrogen (secondary N) is 1. The lowest BCUT2D eigenvalue weighted by molar-refractivity contribution is -0.141. The number of fused-ring (bicyclic) bond motifs is 1. The zero-order valence-electron chi connectivity index (χ0n) is 20.6. The first-order valence-corrected chi connectivity index (χ1v) is 13.8. The van der Waals surface area contributed by atoms with Crippen LogP contribution in [0.25, 0.3) is 10.2 Å². The van der Waals surface area contributed by atoms with Gasteiger partial charge < -0.3 is 9.67 Å². The van der Waals surface area contributed by atoms with Gasteiger partial charge in [0.15, 0.2) is 4.80 Å². The molecule has 13 heteroatoms. The molecule has 4 aromatic rings. The number of thiazole rings is 1. The number of aliphatic carboxylic acids is 1. The number of carboxylic acid groups (broad SMARTS) is 1. The third kappa shape index (κ3) is 6.04. The number of amides is 1. The number of benzene rings is 3. The molecule has 0 fully saturated rings. The predicted octanol–water partition coefficient (Wildman–Crippen LogP) is 5.61. The number of aryl methyl sites for hydroxylation is 1. The zero-order chi connectivity index (χ0) is 28.5. The minimum atomic E-state index is -4.61. The number of anilines is 1. The Hall–Kier alpha value is -3.97. The van der Waals surface area contributed by atoms with Crippen LogP contribution in [0.2, 0.25) is 0 Å². The van der Waals surface area contributed by atoms with E-state index >= 15 is 0 Å². The van der Waals surface area contributed by atoms with Crippen molar-refractivity contribution in [1.29, 1.82) is 0 Å². The standard InChI is InChI=1S/C26H22F3N3O5S2/c1-3-20(24(34)35)32-21-13-10-18(31-39(36,37)19-11-8-17(9-12-19)26(27,28)29)14-22(21)38-25(32)30-23(33)16-6-4-15(2)5-7-16/h4-14,20,31H,3H2,1-2H3,(H,34,35). The number of halogens is 3. The molecule has 0 radical (unpaired) electrons. The van der Waals surface area contributed by atoms with Crippen LogP contribution in [0.5, 0.6) is 0 Å². The summed E-state index contributed by atoms with van der Waals surface area (Å²) >= 11 is 1.00. The number of carboxylic acids is 1. The zero-order valence-corrected chi connectivity index (χ0v) is 22.2. The Labute approximate surface area is 225 Å². The fourth-order valence-electron chi connectivity index (χ4n) is 3.84. The number of nitrogens with zero attached hydrogens (tertiary/aromatic N) is 2. The van der Waals surface area contributed by atoms with Crippen molar-refractivity contribution in [3.8, 4) is 0 Å². The van der Waals surface area contributed by atoms with Gasteiger partial charge >= 0.3 is 12.1 Å². The molecule has 3 aromatic carbocycles. The average Bonchev–Trinajstić information content (AvgIpc) is 3.20. The quantitative estimate of drug-likeness (QED) is 0.296. The van der Waals surface area contributed by atoms with Gasteiger partial charge in [0, 0.05) is 5.56 Å². The number of rotatable bonds is 7. The van der Waals surface area contributed by atoms with E-state index in [1.807, 2.05) is 6.92 Å². The van der Waals surface area contributed by atoms with Crippen LogP contribution in [0.3, 0.4) is 0 Å². The summed E-state index contributed by atoms with van der Waals surface area (Å²) < 4.78 is 68.3. The summed E-state index contributed by atoms with van der Waals surface area (Å²) in [5, 5.41) is 9.81. The van der Waals surface area contributed by atoms with Crippen LogP contribution in [0.15, 0.2) is 76.6 Å². The number of aromatic nitrogens is 1. The number of carbonyl (C=O) groups is 2. The second-order valence-corrected chi connectivity index (χ2v) is 11.3. The van der Waals surface area contributed by atoms with Crippen molar-refractivity contribution in [2.45, 2.75) is 37.4 Å². The minimum absolute atomic E-state index is 0.0931. The van der Waals surface area contributed by atoms with Crippen molar-refractivity contribution in [2.75, 3.05) is 4.72 Å². The number of hydrogen-bond acceptors (Lipinski definition) is 5. The molecule has 0 aliphatic heterocycles. The topological polar surface area (TPSA) is 118 Å². The molecule has 0 aliphatic carbocycles. The monoisotopic (exact) mass is 577 g/mol. The molecule has 1 amide bonds. The van der Waals surface area contributed by atoms with Gasteiger partial charge in [0.2, 0.25) is 0 Å². The van der Waals surface area contributed by atoms with E-state index in [1.165, 1.54) is 22.8 Å². The van der Waals surface area contributed by atoms with Crippen molar-refractivity contribution < 1.29 is 36.3 Å². The second kappa shape index (κ2) is 10.7. The smallest absolute Gasteiger partial charge is 0.416 e. The van der Waals surface area contributed by atoms with Crippen LogP contribution < -0.4 is 9.52 Å². The van der Waals surface area contributed by atoms with Gasteiger partial charge in [0.05, 0.1) is 26.4 Å².